The maximum atomic E-state index is 14.0. The molecular formula is C60H72N6O16. The van der Waals surface area contributed by atoms with Gasteiger partial charge in [-0.05, 0) is 108 Å². The summed E-state index contributed by atoms with van der Waals surface area (Å²) in [5, 5.41) is 28.1. The average molecular weight is 1130 g/mol. The van der Waals surface area contributed by atoms with Crippen LogP contribution < -0.4 is 48.5 Å². The summed E-state index contributed by atoms with van der Waals surface area (Å²) in [6.45, 7) is 9.50. The number of carbonyl (C=O) groups is 4. The van der Waals surface area contributed by atoms with Crippen molar-refractivity contribution in [3.05, 3.63) is 81.9 Å². The number of phenols is 2. The highest BCUT2D eigenvalue weighted by molar-refractivity contribution is 5.83. The lowest BCUT2D eigenvalue weighted by atomic mass is 9.65. The smallest absolute Gasteiger partial charge is 0.310 e. The van der Waals surface area contributed by atoms with Crippen LogP contribution in [0.25, 0.3) is 0 Å². The first kappa shape index (κ1) is 55.2. The van der Waals surface area contributed by atoms with E-state index in [-0.39, 0.29) is 110 Å². The van der Waals surface area contributed by atoms with E-state index in [0.717, 1.165) is 113 Å². The second-order valence-electron chi connectivity index (χ2n) is 22.6. The van der Waals surface area contributed by atoms with Crippen molar-refractivity contribution in [3.8, 4) is 57.5 Å². The first-order valence-electron chi connectivity index (χ1n) is 28.5. The fourth-order valence-corrected chi connectivity index (χ4v) is 13.9. The number of nitrogens with zero attached hydrogens (tertiary/aromatic N) is 4. The van der Waals surface area contributed by atoms with Crippen molar-refractivity contribution in [3.63, 3.8) is 0 Å². The molecule has 8 aliphatic rings. The van der Waals surface area contributed by atoms with Crippen LogP contribution in [0.5, 0.6) is 57.5 Å². The molecule has 4 fully saturated rings. The van der Waals surface area contributed by atoms with Gasteiger partial charge in [0.05, 0.1) is 78.7 Å². The predicted octanol–water partition coefficient (Wildman–Crippen LogP) is 4.27. The van der Waals surface area contributed by atoms with Gasteiger partial charge in [-0.2, -0.15) is 0 Å². The molecule has 0 aromatic heterocycles. The third-order valence-electron chi connectivity index (χ3n) is 18.1. The number of hydrogen-bond donors (Lipinski definition) is 4. The van der Waals surface area contributed by atoms with Crippen LogP contribution in [0.15, 0.2) is 48.5 Å². The summed E-state index contributed by atoms with van der Waals surface area (Å²) in [6.07, 6.45) is 4.48. The number of esters is 2. The van der Waals surface area contributed by atoms with Crippen LogP contribution in [-0.2, 0) is 28.7 Å². The number of hydrogen-bond acceptors (Lipinski definition) is 20. The molecule has 2 aliphatic carbocycles. The van der Waals surface area contributed by atoms with Gasteiger partial charge < -0.3 is 78.0 Å². The Balaban J connectivity index is 0.583. The van der Waals surface area contributed by atoms with Gasteiger partial charge in [0, 0.05) is 76.0 Å². The lowest BCUT2D eigenvalue weighted by Gasteiger charge is -2.40. The molecule has 6 heterocycles. The fraction of sp³-hybridized carbons (Fsp3) is 0.533. The number of rotatable bonds is 19. The molecule has 4 N–H and O–H groups in total. The molecule has 22 heteroatoms. The van der Waals surface area contributed by atoms with Gasteiger partial charge in [0.2, 0.25) is 36.9 Å². The van der Waals surface area contributed by atoms with E-state index in [1.807, 2.05) is 24.3 Å². The van der Waals surface area contributed by atoms with Gasteiger partial charge in [-0.1, -0.05) is 12.8 Å². The van der Waals surface area contributed by atoms with E-state index in [9.17, 15) is 29.4 Å². The lowest BCUT2D eigenvalue weighted by molar-refractivity contribution is -0.142. The van der Waals surface area contributed by atoms with Crippen LogP contribution in [0, 0.1) is 23.7 Å². The van der Waals surface area contributed by atoms with E-state index in [0.29, 0.717) is 34.1 Å². The third-order valence-corrected chi connectivity index (χ3v) is 18.1. The van der Waals surface area contributed by atoms with E-state index in [2.05, 4.69) is 30.2 Å². The second kappa shape index (κ2) is 23.5. The van der Waals surface area contributed by atoms with Gasteiger partial charge in [-0.25, -0.2) is 0 Å². The second-order valence-corrected chi connectivity index (χ2v) is 22.6. The lowest BCUT2D eigenvalue weighted by Crippen LogP contribution is -2.51. The summed E-state index contributed by atoms with van der Waals surface area (Å²) in [4.78, 5) is 64.5. The SMILES string of the molecule is COc1cc([C@@H]2c3cc4c(cc3[C@@H](NC(=O)CN3CCN(CCCCCCN5CCN(CC(=O)N[C@@H]6c7cc8c(cc7[C@@H](c7cc(OC)c(O)c(OC)c7)[C@H]7C(=O)OC[C@@H]76)OCO8)CC5)CC3)[C@H]3COC(=O)[C@H]23)OCO4)cc(OC)c1O. The summed E-state index contributed by atoms with van der Waals surface area (Å²) >= 11 is 0. The number of methoxy groups -OCH3 is 4. The molecule has 4 aromatic carbocycles. The van der Waals surface area contributed by atoms with Crippen molar-refractivity contribution in [2.75, 3.05) is 134 Å². The highest BCUT2D eigenvalue weighted by Crippen LogP contribution is 2.57. The van der Waals surface area contributed by atoms with Crippen molar-refractivity contribution < 1.29 is 76.8 Å². The number of phenolic OH excluding ortho intramolecular Hbond substituents is 2. The quantitative estimate of drug-likeness (QED) is 0.0758. The number of fused-ring (bicyclic) bond motifs is 6. The molecule has 0 unspecified atom stereocenters. The minimum atomic E-state index is -0.632. The predicted molar refractivity (Wildman–Crippen MR) is 293 cm³/mol. The summed E-state index contributed by atoms with van der Waals surface area (Å²) in [5.41, 5.74) is 4.63. The van der Waals surface area contributed by atoms with Crippen molar-refractivity contribution in [1.82, 2.24) is 30.2 Å². The fourth-order valence-electron chi connectivity index (χ4n) is 13.9. The number of carbonyl (C=O) groups excluding carboxylic acids is 4. The Morgan fingerprint density at radius 2 is 0.805 bits per heavy atom. The average Bonchev–Trinajstić information content (AvgIpc) is 3.06. The molecule has 0 radical (unpaired) electrons. The zero-order valence-corrected chi connectivity index (χ0v) is 46.8. The molecule has 4 saturated heterocycles. The van der Waals surface area contributed by atoms with Gasteiger partial charge in [-0.15, -0.1) is 0 Å². The minimum absolute atomic E-state index is 0.0640. The molecule has 0 spiro atoms. The van der Waals surface area contributed by atoms with Crippen LogP contribution in [0.2, 0.25) is 0 Å². The Bertz CT molecular complexity index is 2840. The molecule has 8 atom stereocenters. The normalized spacial score (nSPS) is 25.5. The molecule has 4 aromatic rings. The van der Waals surface area contributed by atoms with E-state index >= 15 is 0 Å². The van der Waals surface area contributed by atoms with Crippen molar-refractivity contribution in [2.45, 2.75) is 49.6 Å². The first-order valence-corrected chi connectivity index (χ1v) is 28.5. The van der Waals surface area contributed by atoms with E-state index < -0.39 is 35.8 Å². The van der Waals surface area contributed by atoms with Gasteiger partial charge in [0.25, 0.3) is 0 Å². The van der Waals surface area contributed by atoms with Crippen molar-refractivity contribution in [2.24, 2.45) is 23.7 Å². The highest BCUT2D eigenvalue weighted by atomic mass is 16.7. The number of amides is 2. The van der Waals surface area contributed by atoms with Crippen LogP contribution >= 0.6 is 0 Å². The molecular weight excluding hydrogens is 1060 g/mol. The standard InChI is InChI=1S/C60H72N6O16/c1-73-45-19-33(20-46(74-2)57(45)69)51-35-23-41-43(81-31-79-41)25-37(35)55(39-29-77-59(71)53(39)51)61-49(67)27-65-15-11-63(12-16-65)9-7-5-6-8-10-64-13-17-66(18-14-64)28-50(68)62-56-38-26-44-42(80-32-82-44)24-36(38)52(54-40(56)30-78-60(54)72)34-21-47(75-3)58(70)48(22-34)76-4/h19-26,39-40,51-56,69-70H,5-18,27-32H2,1-4H3,(H,61,67)(H,62,68)/t39-,40-,51+,52+,53-,54-,55+,56+/m0/s1. The number of ether oxygens (including phenoxy) is 10. The maximum absolute atomic E-state index is 14.0. The van der Waals surface area contributed by atoms with E-state index in [1.165, 1.54) is 28.4 Å². The summed E-state index contributed by atoms with van der Waals surface area (Å²) in [5.74, 6) is -1.16. The Kier molecular flexibility index (Phi) is 15.8. The number of cyclic esters (lactones) is 2. The van der Waals surface area contributed by atoms with Crippen LogP contribution in [0.4, 0.5) is 0 Å². The highest BCUT2D eigenvalue weighted by Gasteiger charge is 2.55. The van der Waals surface area contributed by atoms with Gasteiger partial charge in [0.15, 0.2) is 46.0 Å². The topological polar surface area (TPSA) is 238 Å². The molecule has 0 bridgehead atoms. The summed E-state index contributed by atoms with van der Waals surface area (Å²) in [6, 6.07) is 13.4. The number of nitrogens with one attached hydrogen (secondary N) is 2. The minimum Gasteiger partial charge on any atom is -0.502 e. The van der Waals surface area contributed by atoms with Gasteiger partial charge in [-0.3, -0.25) is 29.0 Å². The number of aromatic hydroxyl groups is 2. The third kappa shape index (κ3) is 10.6. The Hall–Kier alpha value is -7.40. The largest absolute Gasteiger partial charge is 0.502 e. The zero-order valence-electron chi connectivity index (χ0n) is 46.8. The molecule has 22 nitrogen and oxygen atoms in total. The Labute approximate surface area is 475 Å². The Morgan fingerprint density at radius 1 is 0.476 bits per heavy atom. The van der Waals surface area contributed by atoms with Crippen molar-refractivity contribution >= 4 is 23.8 Å². The zero-order chi connectivity index (χ0) is 56.8. The molecule has 438 valence electrons. The summed E-state index contributed by atoms with van der Waals surface area (Å²) in [7, 11) is 5.84. The van der Waals surface area contributed by atoms with E-state index in [4.69, 9.17) is 47.4 Å². The van der Waals surface area contributed by atoms with Gasteiger partial charge >= 0.3 is 11.9 Å². The monoisotopic (exact) mass is 1130 g/mol. The summed E-state index contributed by atoms with van der Waals surface area (Å²) < 4.78 is 56.7. The Morgan fingerprint density at radius 3 is 1.15 bits per heavy atom. The number of unbranched alkanes of at least 4 members (excludes halogenated alkanes) is 3. The van der Waals surface area contributed by atoms with Crippen LogP contribution in [-0.4, -0.2) is 187 Å². The van der Waals surface area contributed by atoms with Gasteiger partial charge in [0.1, 0.15) is 0 Å². The maximum Gasteiger partial charge on any atom is 0.310 e. The number of piperazine rings is 2. The van der Waals surface area contributed by atoms with E-state index in [1.54, 1.807) is 24.3 Å². The number of benzene rings is 4. The van der Waals surface area contributed by atoms with Crippen LogP contribution in [0.3, 0.4) is 0 Å². The molecule has 6 aliphatic heterocycles. The molecule has 82 heavy (non-hydrogen) atoms. The molecule has 0 saturated carbocycles. The molecule has 2 amide bonds. The first-order chi connectivity index (χ1) is 39.9. The van der Waals surface area contributed by atoms with Crippen molar-refractivity contribution in [1.29, 1.82) is 0 Å². The van der Waals surface area contributed by atoms with Crippen LogP contribution in [0.1, 0.15) is 83.0 Å². The molecule has 12 rings (SSSR count).